The zero-order chi connectivity index (χ0) is 14.1. The van der Waals surface area contributed by atoms with Crippen molar-refractivity contribution in [3.8, 4) is 0 Å². The Balaban J connectivity index is 2.43. The lowest BCUT2D eigenvalue weighted by Gasteiger charge is -2.06. The molecular weight excluding hydrogens is 242 g/mol. The Bertz CT molecular complexity index is 388. The van der Waals surface area contributed by atoms with Crippen molar-refractivity contribution < 1.29 is 9.53 Å². The molecule has 0 aliphatic heterocycles. The van der Waals surface area contributed by atoms with Gasteiger partial charge in [0.1, 0.15) is 5.56 Å². The Morgan fingerprint density at radius 3 is 2.68 bits per heavy atom. The summed E-state index contributed by atoms with van der Waals surface area (Å²) in [5.41, 5.74) is 1.27. The Morgan fingerprint density at radius 2 is 2.00 bits per heavy atom. The molecule has 108 valence electrons. The predicted molar refractivity (Wildman–Crippen MR) is 76.5 cm³/mol. The number of anilines is 1. The van der Waals surface area contributed by atoms with Crippen LogP contribution in [0.15, 0.2) is 0 Å². The third-order valence-corrected chi connectivity index (χ3v) is 3.00. The van der Waals surface area contributed by atoms with E-state index in [1.807, 2.05) is 6.92 Å². The summed E-state index contributed by atoms with van der Waals surface area (Å²) in [5.74, 6) is 0.286. The first-order chi connectivity index (χ1) is 9.20. The maximum absolute atomic E-state index is 11.8. The lowest BCUT2D eigenvalue weighted by atomic mass is 10.1. The fraction of sp³-hybridized carbons (Fsp3) is 0.714. The molecule has 0 fully saturated rings. The first kappa shape index (κ1) is 15.5. The molecule has 0 unspecified atom stereocenters. The minimum atomic E-state index is -0.317. The number of aromatic nitrogens is 2. The summed E-state index contributed by atoms with van der Waals surface area (Å²) in [6, 6.07) is 0. The smallest absolute Gasteiger partial charge is 0.343 e. The quantitative estimate of drug-likeness (QED) is 0.532. The van der Waals surface area contributed by atoms with Gasteiger partial charge in [0.25, 0.3) is 0 Å². The molecule has 0 atom stereocenters. The number of nitrogens with one attached hydrogen (secondary N) is 2. The zero-order valence-electron chi connectivity index (χ0n) is 12.2. The number of esters is 1. The molecule has 0 saturated carbocycles. The van der Waals surface area contributed by atoms with Crippen molar-refractivity contribution >= 4 is 11.8 Å². The Hall–Kier alpha value is -1.52. The van der Waals surface area contributed by atoms with E-state index >= 15 is 0 Å². The molecule has 1 heterocycles. The minimum Gasteiger partial charge on any atom is -0.462 e. The number of nitrogens with zero attached hydrogens (tertiary/aromatic N) is 1. The van der Waals surface area contributed by atoms with E-state index in [2.05, 4.69) is 22.4 Å². The van der Waals surface area contributed by atoms with Crippen molar-refractivity contribution in [3.05, 3.63) is 11.3 Å². The first-order valence-electron chi connectivity index (χ1n) is 7.16. The highest BCUT2D eigenvalue weighted by Gasteiger charge is 2.18. The largest absolute Gasteiger partial charge is 0.462 e. The number of aryl methyl sites for hydroxylation is 1. The molecule has 2 N–H and O–H groups in total. The van der Waals surface area contributed by atoms with E-state index in [0.717, 1.165) is 18.7 Å². The van der Waals surface area contributed by atoms with Gasteiger partial charge in [0.15, 0.2) is 5.82 Å². The summed E-state index contributed by atoms with van der Waals surface area (Å²) >= 11 is 0. The summed E-state index contributed by atoms with van der Waals surface area (Å²) in [6.07, 6.45) is 6.10. The average molecular weight is 267 g/mol. The molecule has 1 aromatic rings. The van der Waals surface area contributed by atoms with Gasteiger partial charge in [-0.25, -0.2) is 4.79 Å². The van der Waals surface area contributed by atoms with E-state index < -0.39 is 0 Å². The zero-order valence-corrected chi connectivity index (χ0v) is 12.2. The van der Waals surface area contributed by atoms with Crippen molar-refractivity contribution in [1.82, 2.24) is 10.2 Å². The van der Waals surface area contributed by atoms with E-state index in [9.17, 15) is 4.79 Å². The van der Waals surface area contributed by atoms with Crippen LogP contribution in [-0.4, -0.2) is 29.3 Å². The molecule has 0 aliphatic rings. The number of ether oxygens (including phenoxy) is 1. The maximum atomic E-state index is 11.8. The Kier molecular flexibility index (Phi) is 7.00. The van der Waals surface area contributed by atoms with Gasteiger partial charge in [-0.3, -0.25) is 5.10 Å². The van der Waals surface area contributed by atoms with Crippen LogP contribution in [0.2, 0.25) is 0 Å². The maximum Gasteiger partial charge on any atom is 0.343 e. The van der Waals surface area contributed by atoms with Crippen molar-refractivity contribution in [2.24, 2.45) is 0 Å². The summed E-state index contributed by atoms with van der Waals surface area (Å²) in [7, 11) is 0. The highest BCUT2D eigenvalue weighted by atomic mass is 16.5. The fourth-order valence-electron chi connectivity index (χ4n) is 1.95. The van der Waals surface area contributed by atoms with Gasteiger partial charge in [0.05, 0.1) is 6.61 Å². The van der Waals surface area contributed by atoms with E-state index in [4.69, 9.17) is 4.74 Å². The molecule has 0 bridgehead atoms. The number of hydrogen-bond acceptors (Lipinski definition) is 4. The van der Waals surface area contributed by atoms with Gasteiger partial charge < -0.3 is 10.1 Å². The van der Waals surface area contributed by atoms with Crippen LogP contribution in [0.4, 0.5) is 5.82 Å². The third-order valence-electron chi connectivity index (χ3n) is 3.00. The van der Waals surface area contributed by atoms with Crippen LogP contribution in [0.5, 0.6) is 0 Å². The average Bonchev–Trinajstić information content (AvgIpc) is 2.75. The predicted octanol–water partition coefficient (Wildman–Crippen LogP) is 3.28. The van der Waals surface area contributed by atoms with Crippen LogP contribution >= 0.6 is 0 Å². The molecule has 1 aromatic heterocycles. The van der Waals surface area contributed by atoms with Gasteiger partial charge in [-0.1, -0.05) is 32.6 Å². The number of hydrogen-bond donors (Lipinski definition) is 2. The molecular formula is C14H25N3O2. The molecule has 5 nitrogen and oxygen atoms in total. The summed E-state index contributed by atoms with van der Waals surface area (Å²) in [5, 5.41) is 10.1. The van der Waals surface area contributed by atoms with Gasteiger partial charge in [0, 0.05) is 12.2 Å². The standard InChI is InChI=1S/C14H25N3O2/c1-4-6-7-8-9-10-15-13-12(11(3)16-17-13)14(18)19-5-2/h4-10H2,1-3H3,(H2,15,16,17). The van der Waals surface area contributed by atoms with Crippen LogP contribution in [-0.2, 0) is 4.74 Å². The second-order valence-electron chi connectivity index (χ2n) is 4.63. The summed E-state index contributed by atoms with van der Waals surface area (Å²) in [6.45, 7) is 7.04. The SMILES string of the molecule is CCCCCCCNc1n[nH]c(C)c1C(=O)OCC. The number of carbonyl (C=O) groups excluding carboxylic acids is 1. The second kappa shape index (κ2) is 8.56. The second-order valence-corrected chi connectivity index (χ2v) is 4.63. The number of H-pyrrole nitrogens is 1. The van der Waals surface area contributed by atoms with Gasteiger partial charge >= 0.3 is 5.97 Å². The van der Waals surface area contributed by atoms with Gasteiger partial charge in [-0.05, 0) is 20.3 Å². The summed E-state index contributed by atoms with van der Waals surface area (Å²) in [4.78, 5) is 11.8. The number of unbranched alkanes of at least 4 members (excludes halogenated alkanes) is 4. The molecule has 0 spiro atoms. The Labute approximate surface area is 115 Å². The van der Waals surface area contributed by atoms with Gasteiger partial charge in [-0.15, -0.1) is 0 Å². The first-order valence-corrected chi connectivity index (χ1v) is 7.16. The van der Waals surface area contributed by atoms with Crippen LogP contribution in [0.3, 0.4) is 0 Å². The summed E-state index contributed by atoms with van der Waals surface area (Å²) < 4.78 is 5.03. The lowest BCUT2D eigenvalue weighted by Crippen LogP contribution is -2.10. The van der Waals surface area contributed by atoms with Crippen molar-refractivity contribution in [2.45, 2.75) is 52.9 Å². The number of rotatable bonds is 9. The topological polar surface area (TPSA) is 67.0 Å². The third kappa shape index (κ3) is 4.93. The van der Waals surface area contributed by atoms with Crippen molar-refractivity contribution in [2.75, 3.05) is 18.5 Å². The molecule has 5 heteroatoms. The number of carbonyl (C=O) groups is 1. The van der Waals surface area contributed by atoms with E-state index in [1.165, 1.54) is 25.7 Å². The molecule has 0 aromatic carbocycles. The van der Waals surface area contributed by atoms with E-state index in [1.54, 1.807) is 6.92 Å². The highest BCUT2D eigenvalue weighted by molar-refractivity contribution is 5.95. The van der Waals surface area contributed by atoms with Crippen LogP contribution in [0.1, 0.15) is 62.0 Å². The highest BCUT2D eigenvalue weighted by Crippen LogP contribution is 2.17. The molecule has 1 rings (SSSR count). The lowest BCUT2D eigenvalue weighted by molar-refractivity contribution is 0.0526. The van der Waals surface area contributed by atoms with Crippen LogP contribution < -0.4 is 5.32 Å². The van der Waals surface area contributed by atoms with E-state index in [-0.39, 0.29) is 5.97 Å². The van der Waals surface area contributed by atoms with Gasteiger partial charge in [-0.2, -0.15) is 5.10 Å². The minimum absolute atomic E-state index is 0.317. The normalized spacial score (nSPS) is 10.5. The van der Waals surface area contributed by atoms with Crippen molar-refractivity contribution in [1.29, 1.82) is 0 Å². The monoisotopic (exact) mass is 267 g/mol. The van der Waals surface area contributed by atoms with Crippen molar-refractivity contribution in [3.63, 3.8) is 0 Å². The molecule has 19 heavy (non-hydrogen) atoms. The molecule has 0 amide bonds. The van der Waals surface area contributed by atoms with Gasteiger partial charge in [0.2, 0.25) is 0 Å². The fourth-order valence-corrected chi connectivity index (χ4v) is 1.95. The van der Waals surface area contributed by atoms with Crippen LogP contribution in [0.25, 0.3) is 0 Å². The Morgan fingerprint density at radius 1 is 1.26 bits per heavy atom. The molecule has 0 saturated heterocycles. The molecule has 0 radical (unpaired) electrons. The molecule has 0 aliphatic carbocycles. The van der Waals surface area contributed by atoms with E-state index in [0.29, 0.717) is 18.0 Å². The van der Waals surface area contributed by atoms with Crippen LogP contribution in [0, 0.1) is 6.92 Å². The number of aromatic amines is 1.